The van der Waals surface area contributed by atoms with E-state index >= 15 is 0 Å². The number of amides is 2. The van der Waals surface area contributed by atoms with Crippen molar-refractivity contribution in [3.8, 4) is 5.75 Å². The Bertz CT molecular complexity index is 820. The number of hydrogen-bond acceptors (Lipinski definition) is 4. The van der Waals surface area contributed by atoms with E-state index in [0.29, 0.717) is 31.9 Å². The number of ether oxygens (including phenoxy) is 1. The lowest BCUT2D eigenvalue weighted by Gasteiger charge is -2.36. The maximum Gasteiger partial charge on any atom is 0.233 e. The number of carbonyl (C=O) groups excluding carboxylic acids is 2. The number of anilines is 2. The van der Waals surface area contributed by atoms with Gasteiger partial charge in [-0.15, -0.1) is 0 Å². The summed E-state index contributed by atoms with van der Waals surface area (Å²) in [5, 5.41) is 2.55. The lowest BCUT2D eigenvalue weighted by atomic mass is 10.2. The van der Waals surface area contributed by atoms with E-state index < -0.39 is 11.7 Å². The number of piperazine rings is 1. The van der Waals surface area contributed by atoms with Gasteiger partial charge < -0.3 is 19.9 Å². The largest absolute Gasteiger partial charge is 0.495 e. The van der Waals surface area contributed by atoms with Crippen molar-refractivity contribution in [1.29, 1.82) is 0 Å². The molecule has 7 heteroatoms. The van der Waals surface area contributed by atoms with E-state index in [2.05, 4.69) is 10.2 Å². The highest BCUT2D eigenvalue weighted by atomic mass is 19.1. The Morgan fingerprint density at radius 3 is 2.52 bits per heavy atom. The third-order valence-electron chi connectivity index (χ3n) is 4.48. The molecule has 2 amide bonds. The molecule has 0 bridgehead atoms. The molecule has 0 aliphatic carbocycles. The molecule has 1 fully saturated rings. The minimum atomic E-state index is -0.447. The van der Waals surface area contributed by atoms with Gasteiger partial charge in [0, 0.05) is 31.9 Å². The fourth-order valence-electron chi connectivity index (χ4n) is 3.11. The van der Waals surface area contributed by atoms with Crippen molar-refractivity contribution >= 4 is 23.2 Å². The predicted octanol–water partition coefficient (Wildman–Crippen LogP) is 2.51. The minimum Gasteiger partial charge on any atom is -0.495 e. The highest BCUT2D eigenvalue weighted by Gasteiger charge is 2.24. The van der Waals surface area contributed by atoms with Gasteiger partial charge in [0.05, 0.1) is 12.8 Å². The number of nitrogens with zero attached hydrogens (tertiary/aromatic N) is 2. The molecule has 0 saturated carbocycles. The lowest BCUT2D eigenvalue weighted by molar-refractivity contribution is -0.134. The molecule has 0 aromatic heterocycles. The van der Waals surface area contributed by atoms with Gasteiger partial charge >= 0.3 is 0 Å². The van der Waals surface area contributed by atoms with Gasteiger partial charge in [0.2, 0.25) is 11.8 Å². The normalized spacial score (nSPS) is 14.0. The summed E-state index contributed by atoms with van der Waals surface area (Å²) in [6.07, 6.45) is -0.259. The molecular weight excluding hydrogens is 349 g/mol. The van der Waals surface area contributed by atoms with Crippen LogP contribution in [0.4, 0.5) is 15.8 Å². The maximum absolute atomic E-state index is 13.2. The van der Waals surface area contributed by atoms with Crippen LogP contribution < -0.4 is 15.0 Å². The summed E-state index contributed by atoms with van der Waals surface area (Å²) >= 11 is 0. The molecule has 1 heterocycles. The van der Waals surface area contributed by atoms with E-state index in [1.165, 1.54) is 18.2 Å². The van der Waals surface area contributed by atoms with E-state index in [1.54, 1.807) is 18.1 Å². The van der Waals surface area contributed by atoms with Crippen LogP contribution in [0.1, 0.15) is 6.42 Å². The van der Waals surface area contributed by atoms with Crippen molar-refractivity contribution < 1.29 is 18.7 Å². The molecule has 0 spiro atoms. The fourth-order valence-corrected chi connectivity index (χ4v) is 3.11. The van der Waals surface area contributed by atoms with Gasteiger partial charge in [-0.05, 0) is 30.3 Å². The van der Waals surface area contributed by atoms with Gasteiger partial charge in [-0.25, -0.2) is 4.39 Å². The van der Waals surface area contributed by atoms with Crippen LogP contribution in [-0.4, -0.2) is 50.0 Å². The molecule has 0 unspecified atom stereocenters. The standard InChI is InChI=1S/C20H22FN3O3/c1-27-18-8-3-2-7-17(18)23-9-11-24(12-10-23)20(26)14-19(25)22-16-6-4-5-15(21)13-16/h2-8,13H,9-12,14H2,1H3,(H,22,25). The number of para-hydroxylation sites is 2. The number of carbonyl (C=O) groups is 2. The molecule has 0 atom stereocenters. The summed E-state index contributed by atoms with van der Waals surface area (Å²) in [5.41, 5.74) is 1.34. The van der Waals surface area contributed by atoms with Crippen LogP contribution in [0.2, 0.25) is 0 Å². The van der Waals surface area contributed by atoms with Gasteiger partial charge in [-0.3, -0.25) is 9.59 Å². The summed E-state index contributed by atoms with van der Waals surface area (Å²) < 4.78 is 18.6. The molecule has 3 rings (SSSR count). The first-order valence-electron chi connectivity index (χ1n) is 8.78. The molecule has 0 radical (unpaired) electrons. The monoisotopic (exact) mass is 371 g/mol. The van der Waals surface area contributed by atoms with Gasteiger partial charge in [0.25, 0.3) is 0 Å². The minimum absolute atomic E-state index is 0.233. The smallest absolute Gasteiger partial charge is 0.233 e. The Kier molecular flexibility index (Phi) is 5.90. The van der Waals surface area contributed by atoms with Crippen LogP contribution in [0.5, 0.6) is 5.75 Å². The van der Waals surface area contributed by atoms with Crippen LogP contribution in [0.25, 0.3) is 0 Å². The number of nitrogens with one attached hydrogen (secondary N) is 1. The number of rotatable bonds is 5. The van der Waals surface area contributed by atoms with Crippen LogP contribution in [-0.2, 0) is 9.59 Å². The second-order valence-corrected chi connectivity index (χ2v) is 6.27. The van der Waals surface area contributed by atoms with Crippen molar-refractivity contribution in [2.45, 2.75) is 6.42 Å². The number of benzene rings is 2. The molecule has 1 saturated heterocycles. The number of hydrogen-bond donors (Lipinski definition) is 1. The van der Waals surface area contributed by atoms with Crippen LogP contribution >= 0.6 is 0 Å². The van der Waals surface area contributed by atoms with Crippen LogP contribution in [0.3, 0.4) is 0 Å². The summed E-state index contributed by atoms with van der Waals surface area (Å²) in [5.74, 6) is -0.320. The van der Waals surface area contributed by atoms with Crippen LogP contribution in [0, 0.1) is 5.82 Å². The first kappa shape index (κ1) is 18.7. The van der Waals surface area contributed by atoms with Gasteiger partial charge in [-0.2, -0.15) is 0 Å². The zero-order chi connectivity index (χ0) is 19.2. The maximum atomic E-state index is 13.2. The quantitative estimate of drug-likeness (QED) is 0.821. The molecular formula is C20H22FN3O3. The SMILES string of the molecule is COc1ccccc1N1CCN(C(=O)CC(=O)Nc2cccc(F)c2)CC1. The average molecular weight is 371 g/mol. The molecule has 27 heavy (non-hydrogen) atoms. The van der Waals surface area contributed by atoms with E-state index in [-0.39, 0.29) is 12.3 Å². The molecule has 1 N–H and O–H groups in total. The Hall–Kier alpha value is -3.09. The van der Waals surface area contributed by atoms with Gasteiger partial charge in [0.15, 0.2) is 0 Å². The fraction of sp³-hybridized carbons (Fsp3) is 0.300. The molecule has 2 aromatic carbocycles. The highest BCUT2D eigenvalue weighted by molar-refractivity contribution is 6.03. The summed E-state index contributed by atoms with van der Waals surface area (Å²) in [6.45, 7) is 2.39. The Labute approximate surface area is 157 Å². The topological polar surface area (TPSA) is 61.9 Å². The summed E-state index contributed by atoms with van der Waals surface area (Å²) in [7, 11) is 1.63. The molecule has 1 aliphatic rings. The van der Waals surface area contributed by atoms with E-state index in [9.17, 15) is 14.0 Å². The van der Waals surface area contributed by atoms with Gasteiger partial charge in [-0.1, -0.05) is 18.2 Å². The zero-order valence-electron chi connectivity index (χ0n) is 15.2. The van der Waals surface area contributed by atoms with Gasteiger partial charge in [0.1, 0.15) is 18.0 Å². The van der Waals surface area contributed by atoms with Crippen LogP contribution in [0.15, 0.2) is 48.5 Å². The number of methoxy groups -OCH3 is 1. The van der Waals surface area contributed by atoms with E-state index in [4.69, 9.17) is 4.74 Å². The zero-order valence-corrected chi connectivity index (χ0v) is 15.2. The van der Waals surface area contributed by atoms with Crippen molar-refractivity contribution in [2.24, 2.45) is 0 Å². The van der Waals surface area contributed by atoms with Crippen molar-refractivity contribution in [2.75, 3.05) is 43.5 Å². The second kappa shape index (κ2) is 8.53. The van der Waals surface area contributed by atoms with E-state index in [1.807, 2.05) is 24.3 Å². The lowest BCUT2D eigenvalue weighted by Crippen LogP contribution is -2.49. The predicted molar refractivity (Wildman–Crippen MR) is 101 cm³/mol. The van der Waals surface area contributed by atoms with Crippen molar-refractivity contribution in [3.63, 3.8) is 0 Å². The molecule has 2 aromatic rings. The van der Waals surface area contributed by atoms with Crippen molar-refractivity contribution in [3.05, 3.63) is 54.3 Å². The first-order chi connectivity index (χ1) is 13.1. The third-order valence-corrected chi connectivity index (χ3v) is 4.48. The Balaban J connectivity index is 1.51. The second-order valence-electron chi connectivity index (χ2n) is 6.27. The Morgan fingerprint density at radius 1 is 1.07 bits per heavy atom. The van der Waals surface area contributed by atoms with E-state index in [0.717, 1.165) is 11.4 Å². The number of halogens is 1. The van der Waals surface area contributed by atoms with Crippen molar-refractivity contribution in [1.82, 2.24) is 4.90 Å². The third kappa shape index (κ3) is 4.75. The summed E-state index contributed by atoms with van der Waals surface area (Å²) in [6, 6.07) is 13.4. The molecule has 142 valence electrons. The first-order valence-corrected chi connectivity index (χ1v) is 8.78. The molecule has 6 nitrogen and oxygen atoms in total. The molecule has 1 aliphatic heterocycles. The summed E-state index contributed by atoms with van der Waals surface area (Å²) in [4.78, 5) is 28.3. The highest BCUT2D eigenvalue weighted by Crippen LogP contribution is 2.28. The average Bonchev–Trinajstić information content (AvgIpc) is 2.68. The Morgan fingerprint density at radius 2 is 1.81 bits per heavy atom.